The Morgan fingerprint density at radius 2 is 1.42 bits per heavy atom. The molecule has 0 aromatic heterocycles. The van der Waals surface area contributed by atoms with Crippen LogP contribution in [0.1, 0.15) is 58.9 Å². The van der Waals surface area contributed by atoms with Gasteiger partial charge in [-0.1, -0.05) is 66.2 Å². The minimum atomic E-state index is -0.930. The molecule has 2 nitrogen and oxygen atoms in total. The van der Waals surface area contributed by atoms with Crippen LogP contribution in [-0.2, 0) is 0 Å². The van der Waals surface area contributed by atoms with E-state index in [1.54, 1.807) is 12.1 Å². The van der Waals surface area contributed by atoms with Crippen LogP contribution in [0.4, 0.5) is 0 Å². The number of hydrogen-bond acceptors (Lipinski definition) is 2. The number of carbonyl (C=O) groups excluding carboxylic acids is 2. The van der Waals surface area contributed by atoms with E-state index in [9.17, 15) is 9.59 Å². The Labute approximate surface area is 150 Å². The molecule has 2 aromatic rings. The lowest BCUT2D eigenvalue weighted by Crippen LogP contribution is -2.39. The van der Waals surface area contributed by atoms with Crippen LogP contribution >= 0.6 is 15.9 Å². The van der Waals surface area contributed by atoms with Crippen molar-refractivity contribution in [3.63, 3.8) is 0 Å². The van der Waals surface area contributed by atoms with Crippen LogP contribution in [0.15, 0.2) is 53.0 Å². The summed E-state index contributed by atoms with van der Waals surface area (Å²) in [4.78, 5) is 26.7. The van der Waals surface area contributed by atoms with Gasteiger partial charge in [-0.05, 0) is 36.0 Å². The summed E-state index contributed by atoms with van der Waals surface area (Å²) in [5.41, 5.74) is 1.25. The highest BCUT2D eigenvalue weighted by molar-refractivity contribution is 9.10. The van der Waals surface area contributed by atoms with Crippen molar-refractivity contribution in [1.29, 1.82) is 0 Å². The average Bonchev–Trinajstić information content (AvgIpc) is 2.97. The highest BCUT2D eigenvalue weighted by Gasteiger charge is 2.64. The zero-order chi connectivity index (χ0) is 17.1. The van der Waals surface area contributed by atoms with Gasteiger partial charge in [-0.3, -0.25) is 9.59 Å². The molecule has 1 atom stereocenters. The van der Waals surface area contributed by atoms with Crippen molar-refractivity contribution in [2.24, 2.45) is 10.8 Å². The van der Waals surface area contributed by atoms with E-state index in [0.717, 1.165) is 16.5 Å². The normalized spacial score (nSPS) is 23.7. The summed E-state index contributed by atoms with van der Waals surface area (Å²) in [5.74, 6) is -0.0614. The van der Waals surface area contributed by atoms with Crippen LogP contribution < -0.4 is 0 Å². The van der Waals surface area contributed by atoms with Crippen molar-refractivity contribution in [2.45, 2.75) is 32.6 Å². The van der Waals surface area contributed by atoms with E-state index >= 15 is 0 Å². The molecule has 1 fully saturated rings. The molecule has 0 bridgehead atoms. The lowest BCUT2D eigenvalue weighted by molar-refractivity contribution is 0.0647. The quantitative estimate of drug-likeness (QED) is 0.617. The number of benzene rings is 2. The van der Waals surface area contributed by atoms with Gasteiger partial charge in [0.2, 0.25) is 0 Å². The highest BCUT2D eigenvalue weighted by atomic mass is 79.9. The summed E-state index contributed by atoms with van der Waals surface area (Å²) in [5, 5.41) is 0. The second-order valence-electron chi connectivity index (χ2n) is 7.65. The summed E-state index contributed by atoms with van der Waals surface area (Å²) in [6, 6.07) is 15.4. The fourth-order valence-corrected chi connectivity index (χ4v) is 5.08. The second kappa shape index (κ2) is 5.13. The number of halogens is 1. The molecule has 24 heavy (non-hydrogen) atoms. The second-order valence-corrected chi connectivity index (χ2v) is 8.56. The van der Waals surface area contributed by atoms with Crippen molar-refractivity contribution in [1.82, 2.24) is 0 Å². The molecule has 0 aliphatic heterocycles. The molecule has 2 aliphatic rings. The van der Waals surface area contributed by atoms with Gasteiger partial charge in [0.1, 0.15) is 5.41 Å². The molecule has 0 unspecified atom stereocenters. The van der Waals surface area contributed by atoms with Gasteiger partial charge >= 0.3 is 0 Å². The molecular weight excluding hydrogens is 364 g/mol. The number of carbonyl (C=O) groups is 2. The molecule has 1 saturated carbocycles. The SMILES string of the molecule is CC1(C)CCC2(C(=O)c3ccccc3C2=O)[C@@H]1c1ccc(Br)cc1. The third-order valence-corrected chi connectivity index (χ3v) is 6.40. The van der Waals surface area contributed by atoms with Crippen molar-refractivity contribution >= 4 is 27.5 Å². The maximum absolute atomic E-state index is 13.3. The Hall–Kier alpha value is -1.74. The van der Waals surface area contributed by atoms with Gasteiger partial charge in [-0.2, -0.15) is 0 Å². The van der Waals surface area contributed by atoms with Crippen molar-refractivity contribution < 1.29 is 9.59 Å². The van der Waals surface area contributed by atoms with Crippen LogP contribution in [-0.4, -0.2) is 11.6 Å². The van der Waals surface area contributed by atoms with Crippen molar-refractivity contribution in [3.05, 3.63) is 69.7 Å². The Kier molecular flexibility index (Phi) is 3.37. The van der Waals surface area contributed by atoms with Crippen LogP contribution in [0.3, 0.4) is 0 Å². The van der Waals surface area contributed by atoms with E-state index in [1.165, 1.54) is 0 Å². The summed E-state index contributed by atoms with van der Waals surface area (Å²) < 4.78 is 1.00. The van der Waals surface area contributed by atoms with E-state index < -0.39 is 5.41 Å². The predicted octanol–water partition coefficient (Wildman–Crippen LogP) is 5.42. The van der Waals surface area contributed by atoms with Crippen LogP contribution in [0, 0.1) is 10.8 Å². The smallest absolute Gasteiger partial charge is 0.178 e. The van der Waals surface area contributed by atoms with Gasteiger partial charge < -0.3 is 0 Å². The summed E-state index contributed by atoms with van der Waals surface area (Å²) in [6.45, 7) is 4.36. The Bertz CT molecular complexity index is 813. The van der Waals surface area contributed by atoms with Crippen LogP contribution in [0.5, 0.6) is 0 Å². The van der Waals surface area contributed by atoms with E-state index in [1.807, 2.05) is 36.4 Å². The molecule has 1 spiro atoms. The van der Waals surface area contributed by atoms with E-state index in [-0.39, 0.29) is 22.9 Å². The number of Topliss-reactive ketones (excluding diaryl/α,β-unsaturated/α-hetero) is 2. The molecule has 2 aliphatic carbocycles. The number of fused-ring (bicyclic) bond motifs is 1. The largest absolute Gasteiger partial charge is 0.293 e. The Balaban J connectivity index is 1.93. The average molecular weight is 383 g/mol. The molecule has 2 aromatic carbocycles. The minimum Gasteiger partial charge on any atom is -0.293 e. The van der Waals surface area contributed by atoms with Gasteiger partial charge in [0.25, 0.3) is 0 Å². The molecule has 0 heterocycles. The minimum absolute atomic E-state index is 0.0154. The summed E-state index contributed by atoms with van der Waals surface area (Å²) >= 11 is 3.47. The van der Waals surface area contributed by atoms with E-state index in [0.29, 0.717) is 17.5 Å². The zero-order valence-electron chi connectivity index (χ0n) is 13.8. The van der Waals surface area contributed by atoms with Crippen LogP contribution in [0.25, 0.3) is 0 Å². The topological polar surface area (TPSA) is 34.1 Å². The first-order valence-corrected chi connectivity index (χ1v) is 9.11. The maximum Gasteiger partial charge on any atom is 0.178 e. The molecule has 0 saturated heterocycles. The Morgan fingerprint density at radius 1 is 0.875 bits per heavy atom. The highest BCUT2D eigenvalue weighted by Crippen LogP contribution is 2.63. The monoisotopic (exact) mass is 382 g/mol. The molecule has 0 amide bonds. The molecule has 0 N–H and O–H groups in total. The van der Waals surface area contributed by atoms with Gasteiger partial charge in [-0.25, -0.2) is 0 Å². The third kappa shape index (κ3) is 1.94. The van der Waals surface area contributed by atoms with Crippen molar-refractivity contribution in [2.75, 3.05) is 0 Å². The first-order valence-electron chi connectivity index (χ1n) is 8.32. The first kappa shape index (κ1) is 15.8. The number of hydrogen-bond donors (Lipinski definition) is 0. The lowest BCUT2D eigenvalue weighted by atomic mass is 9.64. The third-order valence-electron chi connectivity index (χ3n) is 5.87. The predicted molar refractivity (Wildman–Crippen MR) is 97.4 cm³/mol. The summed E-state index contributed by atoms with van der Waals surface area (Å²) in [7, 11) is 0. The van der Waals surface area contributed by atoms with Gasteiger partial charge in [0, 0.05) is 21.5 Å². The standard InChI is InChI=1S/C21H19BrO2/c1-20(2)11-12-21(17(20)13-7-9-14(22)10-8-13)18(23)15-5-3-4-6-16(15)19(21)24/h3-10,17H,11-12H2,1-2H3/t17-/m1/s1. The molecular formula is C21H19BrO2. The van der Waals surface area contributed by atoms with Gasteiger partial charge in [-0.15, -0.1) is 0 Å². The van der Waals surface area contributed by atoms with Crippen molar-refractivity contribution in [3.8, 4) is 0 Å². The molecule has 0 radical (unpaired) electrons. The number of ketones is 2. The lowest BCUT2D eigenvalue weighted by Gasteiger charge is -2.36. The van der Waals surface area contributed by atoms with Gasteiger partial charge in [0.05, 0.1) is 0 Å². The van der Waals surface area contributed by atoms with Gasteiger partial charge in [0.15, 0.2) is 11.6 Å². The maximum atomic E-state index is 13.3. The molecule has 4 rings (SSSR count). The first-order chi connectivity index (χ1) is 11.4. The fraction of sp³-hybridized carbons (Fsp3) is 0.333. The van der Waals surface area contributed by atoms with E-state index in [2.05, 4.69) is 29.8 Å². The zero-order valence-corrected chi connectivity index (χ0v) is 15.4. The summed E-state index contributed by atoms with van der Waals surface area (Å²) in [6.07, 6.45) is 1.51. The van der Waals surface area contributed by atoms with Crippen LogP contribution in [0.2, 0.25) is 0 Å². The van der Waals surface area contributed by atoms with E-state index in [4.69, 9.17) is 0 Å². The molecule has 3 heteroatoms. The Morgan fingerprint density at radius 3 is 1.96 bits per heavy atom. The number of rotatable bonds is 1. The fourth-order valence-electron chi connectivity index (χ4n) is 4.82. The molecule has 122 valence electrons.